The fourth-order valence-corrected chi connectivity index (χ4v) is 2.95. The monoisotopic (exact) mass is 302 g/mol. The minimum absolute atomic E-state index is 0.0930. The Hall–Kier alpha value is -0.600. The van der Waals surface area contributed by atoms with Crippen molar-refractivity contribution >= 4 is 23.2 Å². The Balaban J connectivity index is 2.28. The Morgan fingerprint density at radius 3 is 2.47 bits per heavy atom. The number of rotatable bonds is 4. The summed E-state index contributed by atoms with van der Waals surface area (Å²) in [4.78, 5) is 0. The van der Waals surface area contributed by atoms with E-state index in [1.807, 2.05) is 12.1 Å². The average molecular weight is 303 g/mol. The molecule has 0 spiro atoms. The Morgan fingerprint density at radius 2 is 1.84 bits per heavy atom. The second-order valence-electron chi connectivity index (χ2n) is 5.04. The van der Waals surface area contributed by atoms with Gasteiger partial charge in [-0.3, -0.25) is 0 Å². The van der Waals surface area contributed by atoms with Gasteiger partial charge in [-0.2, -0.15) is 0 Å². The van der Waals surface area contributed by atoms with Gasteiger partial charge in [0.1, 0.15) is 0 Å². The lowest BCUT2D eigenvalue weighted by Gasteiger charge is -2.20. The predicted molar refractivity (Wildman–Crippen MR) is 79.7 cm³/mol. The molecule has 0 aromatic heterocycles. The first-order valence-corrected chi connectivity index (χ1v) is 7.68. The third-order valence-electron chi connectivity index (χ3n) is 3.41. The van der Waals surface area contributed by atoms with E-state index in [-0.39, 0.29) is 5.38 Å². The van der Waals surface area contributed by atoms with Gasteiger partial charge < -0.3 is 9.47 Å². The smallest absolute Gasteiger partial charge is 0.162 e. The summed E-state index contributed by atoms with van der Waals surface area (Å²) in [7, 11) is 0. The Bertz CT molecular complexity index is 434. The maximum absolute atomic E-state index is 6.54. The summed E-state index contributed by atoms with van der Waals surface area (Å²) in [6, 6.07) is 3.76. The van der Waals surface area contributed by atoms with Crippen molar-refractivity contribution in [1.82, 2.24) is 0 Å². The minimum atomic E-state index is -0.0930. The van der Waals surface area contributed by atoms with Gasteiger partial charge in [0, 0.05) is 17.5 Å². The summed E-state index contributed by atoms with van der Waals surface area (Å²) in [5.41, 5.74) is 0.938. The van der Waals surface area contributed by atoms with Crippen molar-refractivity contribution in [2.45, 2.75) is 38.5 Å². The first kappa shape index (κ1) is 14.8. The van der Waals surface area contributed by atoms with Crippen molar-refractivity contribution in [3.8, 4) is 11.5 Å². The summed E-state index contributed by atoms with van der Waals surface area (Å²) in [5, 5.41) is 0.566. The maximum Gasteiger partial charge on any atom is 0.162 e. The van der Waals surface area contributed by atoms with Crippen molar-refractivity contribution in [1.29, 1.82) is 0 Å². The highest BCUT2D eigenvalue weighted by atomic mass is 35.5. The topological polar surface area (TPSA) is 18.5 Å². The van der Waals surface area contributed by atoms with Gasteiger partial charge in [-0.05, 0) is 24.0 Å². The van der Waals surface area contributed by atoms with Crippen LogP contribution < -0.4 is 9.47 Å². The molecule has 1 aliphatic rings. The van der Waals surface area contributed by atoms with Gasteiger partial charge in [0.15, 0.2) is 11.5 Å². The van der Waals surface area contributed by atoms with E-state index >= 15 is 0 Å². The van der Waals surface area contributed by atoms with Crippen LogP contribution in [0.2, 0.25) is 5.02 Å². The predicted octanol–water partition coefficient (Wildman–Crippen LogP) is 5.22. The Kier molecular flexibility index (Phi) is 5.23. The van der Waals surface area contributed by atoms with Gasteiger partial charge in [0.05, 0.1) is 18.6 Å². The molecule has 0 amide bonds. The van der Waals surface area contributed by atoms with E-state index in [2.05, 4.69) is 13.8 Å². The van der Waals surface area contributed by atoms with Crippen molar-refractivity contribution in [3.05, 3.63) is 22.7 Å². The Morgan fingerprint density at radius 1 is 1.21 bits per heavy atom. The summed E-state index contributed by atoms with van der Waals surface area (Å²) in [6.07, 6.45) is 3.09. The van der Waals surface area contributed by atoms with Crippen LogP contribution in [-0.4, -0.2) is 13.2 Å². The molecule has 2 nitrogen and oxygen atoms in total. The SMILES string of the molecule is CCCC(C)C(Cl)c1cc2c(cc1Cl)OCCCO2. The second-order valence-corrected chi connectivity index (χ2v) is 5.92. The minimum Gasteiger partial charge on any atom is -0.490 e. The molecule has 2 rings (SSSR count). The third-order valence-corrected chi connectivity index (χ3v) is 4.40. The molecule has 1 aromatic rings. The first-order valence-electron chi connectivity index (χ1n) is 6.86. The zero-order valence-corrected chi connectivity index (χ0v) is 12.9. The molecule has 106 valence electrons. The molecule has 2 unspecified atom stereocenters. The van der Waals surface area contributed by atoms with E-state index < -0.39 is 0 Å². The van der Waals surface area contributed by atoms with Crippen LogP contribution in [0.25, 0.3) is 0 Å². The van der Waals surface area contributed by atoms with Crippen LogP contribution in [0.4, 0.5) is 0 Å². The molecule has 0 saturated carbocycles. The molecule has 0 aliphatic carbocycles. The molecule has 19 heavy (non-hydrogen) atoms. The van der Waals surface area contributed by atoms with E-state index in [4.69, 9.17) is 32.7 Å². The molecule has 2 atom stereocenters. The molecule has 0 saturated heterocycles. The molecule has 1 aliphatic heterocycles. The van der Waals surface area contributed by atoms with E-state index in [0.29, 0.717) is 24.2 Å². The summed E-state index contributed by atoms with van der Waals surface area (Å²) < 4.78 is 11.3. The number of alkyl halides is 1. The van der Waals surface area contributed by atoms with Gasteiger partial charge in [-0.1, -0.05) is 31.9 Å². The van der Waals surface area contributed by atoms with Gasteiger partial charge in [0.2, 0.25) is 0 Å². The highest BCUT2D eigenvalue weighted by molar-refractivity contribution is 6.33. The lowest BCUT2D eigenvalue weighted by atomic mass is 9.96. The number of halogens is 2. The summed E-state index contributed by atoms with van der Waals surface area (Å²) in [6.45, 7) is 5.65. The zero-order valence-electron chi connectivity index (χ0n) is 11.4. The van der Waals surface area contributed by atoms with E-state index in [1.54, 1.807) is 0 Å². The van der Waals surface area contributed by atoms with E-state index in [9.17, 15) is 0 Å². The largest absolute Gasteiger partial charge is 0.490 e. The molecule has 0 radical (unpaired) electrons. The standard InChI is InChI=1S/C15H20Cl2O2/c1-3-5-10(2)15(17)11-8-13-14(9-12(11)16)19-7-4-6-18-13/h8-10,15H,3-7H2,1-2H3. The van der Waals surface area contributed by atoms with Crippen molar-refractivity contribution < 1.29 is 9.47 Å². The second kappa shape index (κ2) is 6.71. The molecule has 0 N–H and O–H groups in total. The normalized spacial score (nSPS) is 17.7. The highest BCUT2D eigenvalue weighted by Gasteiger charge is 2.22. The number of hydrogen-bond donors (Lipinski definition) is 0. The third kappa shape index (κ3) is 3.49. The molecular weight excluding hydrogens is 283 g/mol. The van der Waals surface area contributed by atoms with E-state index in [1.165, 1.54) is 0 Å². The maximum atomic E-state index is 6.54. The fourth-order valence-electron chi connectivity index (χ4n) is 2.32. The van der Waals surface area contributed by atoms with Crippen LogP contribution in [0, 0.1) is 5.92 Å². The van der Waals surface area contributed by atoms with Crippen LogP contribution in [-0.2, 0) is 0 Å². The van der Waals surface area contributed by atoms with Crippen molar-refractivity contribution in [2.24, 2.45) is 5.92 Å². The van der Waals surface area contributed by atoms with Crippen molar-refractivity contribution in [2.75, 3.05) is 13.2 Å². The molecule has 0 fully saturated rings. The van der Waals surface area contributed by atoms with Crippen LogP contribution in [0.5, 0.6) is 11.5 Å². The van der Waals surface area contributed by atoms with Gasteiger partial charge in [-0.25, -0.2) is 0 Å². The lowest BCUT2D eigenvalue weighted by Crippen LogP contribution is -2.05. The fraction of sp³-hybridized carbons (Fsp3) is 0.600. The molecule has 4 heteroatoms. The van der Waals surface area contributed by atoms with Gasteiger partial charge >= 0.3 is 0 Å². The Labute approximate surface area is 125 Å². The number of ether oxygens (including phenoxy) is 2. The molecule has 1 aromatic carbocycles. The summed E-state index contributed by atoms with van der Waals surface area (Å²) >= 11 is 12.9. The van der Waals surface area contributed by atoms with Crippen LogP contribution in [0.3, 0.4) is 0 Å². The zero-order chi connectivity index (χ0) is 13.8. The summed E-state index contributed by atoms with van der Waals surface area (Å²) in [5.74, 6) is 1.86. The average Bonchev–Trinajstić information content (AvgIpc) is 2.62. The highest BCUT2D eigenvalue weighted by Crippen LogP contribution is 2.42. The number of fused-ring (bicyclic) bond motifs is 1. The van der Waals surface area contributed by atoms with Crippen LogP contribution in [0.15, 0.2) is 12.1 Å². The van der Waals surface area contributed by atoms with Crippen LogP contribution in [0.1, 0.15) is 44.1 Å². The number of benzene rings is 1. The van der Waals surface area contributed by atoms with Gasteiger partial charge in [-0.15, -0.1) is 11.6 Å². The van der Waals surface area contributed by atoms with Crippen LogP contribution >= 0.6 is 23.2 Å². The van der Waals surface area contributed by atoms with Crippen molar-refractivity contribution in [3.63, 3.8) is 0 Å². The molecular formula is C15H20Cl2O2. The number of hydrogen-bond acceptors (Lipinski definition) is 2. The lowest BCUT2D eigenvalue weighted by molar-refractivity contribution is 0.297. The first-order chi connectivity index (χ1) is 9.13. The quantitative estimate of drug-likeness (QED) is 0.710. The van der Waals surface area contributed by atoms with E-state index in [0.717, 1.165) is 36.3 Å². The van der Waals surface area contributed by atoms with Gasteiger partial charge in [0.25, 0.3) is 0 Å². The molecule has 1 heterocycles. The molecule has 0 bridgehead atoms.